The predicted octanol–water partition coefficient (Wildman–Crippen LogP) is 3.58. The molecule has 20 heavy (non-hydrogen) atoms. The molecule has 0 spiro atoms. The van der Waals surface area contributed by atoms with Crippen LogP contribution in [0.5, 0.6) is 0 Å². The van der Waals surface area contributed by atoms with Crippen molar-refractivity contribution in [2.24, 2.45) is 0 Å². The average molecular weight is 267 g/mol. The Kier molecular flexibility index (Phi) is 3.18. The number of carbonyl (C=O) groups is 1. The number of rotatable bonds is 2. The smallest absolute Gasteiger partial charge is 0.251 e. The molecule has 2 aromatic rings. The lowest BCUT2D eigenvalue weighted by atomic mass is 10.1. The summed E-state index contributed by atoms with van der Waals surface area (Å²) in [6, 6.07) is 12.0. The lowest BCUT2D eigenvalue weighted by Gasteiger charge is -2.20. The molecule has 0 saturated carbocycles. The van der Waals surface area contributed by atoms with Crippen molar-refractivity contribution in [1.82, 2.24) is 0 Å². The molecule has 3 nitrogen and oxygen atoms in total. The van der Waals surface area contributed by atoms with Crippen molar-refractivity contribution in [2.45, 2.75) is 26.3 Å². The van der Waals surface area contributed by atoms with Gasteiger partial charge in [0.25, 0.3) is 5.91 Å². The van der Waals surface area contributed by atoms with Crippen LogP contribution in [0.1, 0.15) is 24.0 Å². The van der Waals surface area contributed by atoms with Gasteiger partial charge in [0.1, 0.15) is 11.5 Å². The standard InChI is InChI=1S/C17H17NO2/c1-12-11-14-5-3-4-6-16(14)18(12)17(19)10-9-15-8-7-13(2)20-15/h3-10,12H,11H2,1-2H3/b10-9+/t12-/m0/s1. The Morgan fingerprint density at radius 1 is 1.30 bits per heavy atom. The molecule has 0 N–H and O–H groups in total. The van der Waals surface area contributed by atoms with Gasteiger partial charge in [-0.25, -0.2) is 0 Å². The van der Waals surface area contributed by atoms with E-state index in [4.69, 9.17) is 4.42 Å². The van der Waals surface area contributed by atoms with E-state index in [0.29, 0.717) is 5.76 Å². The summed E-state index contributed by atoms with van der Waals surface area (Å²) in [6.45, 7) is 3.96. The molecule has 1 aromatic heterocycles. The van der Waals surface area contributed by atoms with E-state index < -0.39 is 0 Å². The summed E-state index contributed by atoms with van der Waals surface area (Å²) >= 11 is 0. The van der Waals surface area contributed by atoms with E-state index in [9.17, 15) is 4.79 Å². The maximum atomic E-state index is 12.4. The molecule has 0 saturated heterocycles. The number of carbonyl (C=O) groups excluding carboxylic acids is 1. The third kappa shape index (κ3) is 2.27. The van der Waals surface area contributed by atoms with Crippen LogP contribution < -0.4 is 4.90 Å². The van der Waals surface area contributed by atoms with Crippen molar-refractivity contribution >= 4 is 17.7 Å². The van der Waals surface area contributed by atoms with Crippen molar-refractivity contribution in [2.75, 3.05) is 4.90 Å². The van der Waals surface area contributed by atoms with Crippen LogP contribution in [0.2, 0.25) is 0 Å². The number of hydrogen-bond donors (Lipinski definition) is 0. The monoisotopic (exact) mass is 267 g/mol. The van der Waals surface area contributed by atoms with Gasteiger partial charge in [0.05, 0.1) is 0 Å². The van der Waals surface area contributed by atoms with Gasteiger partial charge in [-0.15, -0.1) is 0 Å². The van der Waals surface area contributed by atoms with Gasteiger partial charge >= 0.3 is 0 Å². The van der Waals surface area contributed by atoms with Crippen LogP contribution in [0, 0.1) is 6.92 Å². The zero-order valence-corrected chi connectivity index (χ0v) is 11.7. The van der Waals surface area contributed by atoms with Crippen molar-refractivity contribution in [3.05, 3.63) is 59.6 Å². The molecular formula is C17H17NO2. The Morgan fingerprint density at radius 3 is 2.85 bits per heavy atom. The molecule has 0 unspecified atom stereocenters. The molecule has 0 radical (unpaired) electrons. The molecule has 1 aliphatic heterocycles. The first-order valence-corrected chi connectivity index (χ1v) is 6.81. The van der Waals surface area contributed by atoms with Crippen LogP contribution in [-0.4, -0.2) is 11.9 Å². The first-order chi connectivity index (χ1) is 9.65. The molecule has 2 heterocycles. The maximum Gasteiger partial charge on any atom is 0.251 e. The normalized spacial score (nSPS) is 17.7. The summed E-state index contributed by atoms with van der Waals surface area (Å²) in [5.41, 5.74) is 2.25. The van der Waals surface area contributed by atoms with Crippen LogP contribution >= 0.6 is 0 Å². The van der Waals surface area contributed by atoms with Crippen LogP contribution in [0.25, 0.3) is 6.08 Å². The topological polar surface area (TPSA) is 33.5 Å². The van der Waals surface area contributed by atoms with Crippen LogP contribution in [0.3, 0.4) is 0 Å². The lowest BCUT2D eigenvalue weighted by Crippen LogP contribution is -2.34. The van der Waals surface area contributed by atoms with E-state index in [0.717, 1.165) is 17.9 Å². The zero-order valence-electron chi connectivity index (χ0n) is 11.7. The summed E-state index contributed by atoms with van der Waals surface area (Å²) in [5.74, 6) is 1.55. The highest BCUT2D eigenvalue weighted by molar-refractivity contribution is 6.05. The first kappa shape index (κ1) is 12.7. The molecule has 1 atom stereocenters. The van der Waals surface area contributed by atoms with Gasteiger partial charge in [-0.2, -0.15) is 0 Å². The second kappa shape index (κ2) is 5.00. The van der Waals surface area contributed by atoms with Gasteiger partial charge in [-0.05, 0) is 50.1 Å². The number of amides is 1. The molecule has 102 valence electrons. The van der Waals surface area contributed by atoms with Crippen LogP contribution in [-0.2, 0) is 11.2 Å². The van der Waals surface area contributed by atoms with Crippen molar-refractivity contribution in [3.63, 3.8) is 0 Å². The molecule has 0 bridgehead atoms. The van der Waals surface area contributed by atoms with E-state index in [1.54, 1.807) is 12.2 Å². The SMILES string of the molecule is Cc1ccc(/C=C/C(=O)N2c3ccccc3C[C@@H]2C)o1. The molecule has 1 amide bonds. The Morgan fingerprint density at radius 2 is 2.10 bits per heavy atom. The highest BCUT2D eigenvalue weighted by Gasteiger charge is 2.29. The fourth-order valence-corrected chi connectivity index (χ4v) is 2.68. The number of anilines is 1. The van der Waals surface area contributed by atoms with E-state index in [2.05, 4.69) is 13.0 Å². The van der Waals surface area contributed by atoms with Crippen molar-refractivity contribution < 1.29 is 9.21 Å². The summed E-state index contributed by atoms with van der Waals surface area (Å²) in [6.07, 6.45) is 4.22. The zero-order chi connectivity index (χ0) is 14.1. The van der Waals surface area contributed by atoms with Gasteiger partial charge in [-0.3, -0.25) is 4.79 Å². The molecule has 3 rings (SSSR count). The highest BCUT2D eigenvalue weighted by atomic mass is 16.3. The summed E-state index contributed by atoms with van der Waals surface area (Å²) < 4.78 is 5.44. The molecule has 3 heteroatoms. The molecule has 1 aliphatic rings. The molecule has 0 aliphatic carbocycles. The van der Waals surface area contributed by atoms with Crippen LogP contribution in [0.4, 0.5) is 5.69 Å². The third-order valence-corrected chi connectivity index (χ3v) is 3.60. The number of furan rings is 1. The Labute approximate surface area is 118 Å². The minimum absolute atomic E-state index is 0.00324. The fourth-order valence-electron chi connectivity index (χ4n) is 2.68. The summed E-state index contributed by atoms with van der Waals surface area (Å²) in [4.78, 5) is 14.2. The summed E-state index contributed by atoms with van der Waals surface area (Å²) in [7, 11) is 0. The number of hydrogen-bond acceptors (Lipinski definition) is 2. The third-order valence-electron chi connectivity index (χ3n) is 3.60. The predicted molar refractivity (Wildman–Crippen MR) is 79.6 cm³/mol. The number of nitrogens with zero attached hydrogens (tertiary/aromatic N) is 1. The number of aryl methyl sites for hydroxylation is 1. The van der Waals surface area contributed by atoms with Gasteiger partial charge in [-0.1, -0.05) is 18.2 Å². The Hall–Kier alpha value is -2.29. The average Bonchev–Trinajstić information content (AvgIpc) is 2.98. The van der Waals surface area contributed by atoms with Crippen molar-refractivity contribution in [3.8, 4) is 0 Å². The second-order valence-corrected chi connectivity index (χ2v) is 5.17. The van der Waals surface area contributed by atoms with Gasteiger partial charge < -0.3 is 9.32 Å². The van der Waals surface area contributed by atoms with E-state index in [1.165, 1.54) is 5.56 Å². The molecule has 1 aromatic carbocycles. The van der Waals surface area contributed by atoms with Crippen molar-refractivity contribution in [1.29, 1.82) is 0 Å². The number of fused-ring (bicyclic) bond motifs is 1. The summed E-state index contributed by atoms with van der Waals surface area (Å²) in [5, 5.41) is 0. The Bertz CT molecular complexity index is 669. The lowest BCUT2D eigenvalue weighted by molar-refractivity contribution is -0.114. The largest absolute Gasteiger partial charge is 0.462 e. The van der Waals surface area contributed by atoms with E-state index in [1.807, 2.05) is 42.2 Å². The van der Waals surface area contributed by atoms with E-state index in [-0.39, 0.29) is 11.9 Å². The fraction of sp³-hybridized carbons (Fsp3) is 0.235. The first-order valence-electron chi connectivity index (χ1n) is 6.81. The molecule has 0 fully saturated rings. The maximum absolute atomic E-state index is 12.4. The number of benzene rings is 1. The highest BCUT2D eigenvalue weighted by Crippen LogP contribution is 2.31. The van der Waals surface area contributed by atoms with Gasteiger partial charge in [0, 0.05) is 17.8 Å². The Balaban J connectivity index is 1.82. The quantitative estimate of drug-likeness (QED) is 0.779. The van der Waals surface area contributed by atoms with Crippen LogP contribution in [0.15, 0.2) is 46.9 Å². The van der Waals surface area contributed by atoms with Gasteiger partial charge in [0.2, 0.25) is 0 Å². The number of para-hydroxylation sites is 1. The minimum Gasteiger partial charge on any atom is -0.462 e. The second-order valence-electron chi connectivity index (χ2n) is 5.17. The molecular weight excluding hydrogens is 250 g/mol. The van der Waals surface area contributed by atoms with E-state index >= 15 is 0 Å². The van der Waals surface area contributed by atoms with Gasteiger partial charge in [0.15, 0.2) is 0 Å². The minimum atomic E-state index is -0.00324.